The minimum atomic E-state index is -0.649. The van der Waals surface area contributed by atoms with Gasteiger partial charge in [-0.3, -0.25) is 19.6 Å². The number of likely N-dealkylation sites (tertiary alicyclic amines) is 1. The summed E-state index contributed by atoms with van der Waals surface area (Å²) in [4.78, 5) is 40.8. The SMILES string of the molecule is CC(C=N[C@H](C(=O)N1CCC[C@H]1C(=O)N[C@@H](CO)c1ccc(-c2nccnc2Cl)cc1)C(C)C)=NN. The minimum Gasteiger partial charge on any atom is -0.394 e. The first-order valence-electron chi connectivity index (χ1n) is 11.8. The third-order valence-electron chi connectivity index (χ3n) is 6.09. The fraction of sp³-hybridized carbons (Fsp3) is 0.440. The quantitative estimate of drug-likeness (QED) is 0.266. The first kappa shape index (κ1) is 27.2. The zero-order valence-electron chi connectivity index (χ0n) is 20.6. The van der Waals surface area contributed by atoms with Crippen molar-refractivity contribution in [2.24, 2.45) is 21.9 Å². The molecule has 1 aromatic carbocycles. The van der Waals surface area contributed by atoms with Gasteiger partial charge in [0.05, 0.1) is 18.4 Å². The number of carbonyl (C=O) groups excluding carboxylic acids is 2. The van der Waals surface area contributed by atoms with Gasteiger partial charge in [-0.1, -0.05) is 49.7 Å². The standard InChI is InChI=1S/C25H32ClN7O3/c1-15(2)21(30-13-16(3)32-27)25(36)33-12-4-5-20(33)24(35)31-19(14-34)17-6-8-18(9-7-17)22-23(26)29-11-10-28-22/h6-11,13,15,19-21,34H,4-5,12,14,27H2,1-3H3,(H,31,35)/t19-,20-,21-/m0/s1. The van der Waals surface area contributed by atoms with E-state index in [1.165, 1.54) is 12.4 Å². The summed E-state index contributed by atoms with van der Waals surface area (Å²) in [7, 11) is 0. The number of benzene rings is 1. The van der Waals surface area contributed by atoms with Crippen LogP contribution in [0, 0.1) is 5.92 Å². The highest BCUT2D eigenvalue weighted by Gasteiger charge is 2.38. The summed E-state index contributed by atoms with van der Waals surface area (Å²) < 4.78 is 0. The second-order valence-electron chi connectivity index (χ2n) is 8.99. The smallest absolute Gasteiger partial charge is 0.248 e. The molecule has 2 aromatic rings. The molecule has 1 aliphatic heterocycles. The maximum Gasteiger partial charge on any atom is 0.248 e. The average Bonchev–Trinajstić information content (AvgIpc) is 3.37. The molecule has 3 rings (SSSR count). The van der Waals surface area contributed by atoms with Crippen molar-refractivity contribution in [1.29, 1.82) is 0 Å². The predicted octanol–water partition coefficient (Wildman–Crippen LogP) is 2.37. The molecular weight excluding hydrogens is 482 g/mol. The fourth-order valence-corrected chi connectivity index (χ4v) is 4.32. The van der Waals surface area contributed by atoms with Gasteiger partial charge >= 0.3 is 0 Å². The van der Waals surface area contributed by atoms with E-state index in [-0.39, 0.29) is 29.5 Å². The number of hydrazone groups is 1. The van der Waals surface area contributed by atoms with Gasteiger partial charge in [0, 0.05) is 30.7 Å². The molecule has 1 fully saturated rings. The lowest BCUT2D eigenvalue weighted by Crippen LogP contribution is -2.50. The molecule has 3 atom stereocenters. The predicted molar refractivity (Wildman–Crippen MR) is 140 cm³/mol. The molecular formula is C25H32ClN7O3. The van der Waals surface area contributed by atoms with Crippen molar-refractivity contribution in [3.63, 3.8) is 0 Å². The van der Waals surface area contributed by atoms with E-state index >= 15 is 0 Å². The first-order chi connectivity index (χ1) is 17.3. The molecule has 1 aliphatic rings. The van der Waals surface area contributed by atoms with Crippen LogP contribution in [0.5, 0.6) is 0 Å². The Hall–Kier alpha value is -3.37. The van der Waals surface area contributed by atoms with Crippen LogP contribution < -0.4 is 11.2 Å². The van der Waals surface area contributed by atoms with E-state index in [1.54, 1.807) is 30.2 Å². The Morgan fingerprint density at radius 3 is 2.58 bits per heavy atom. The van der Waals surface area contributed by atoms with E-state index in [2.05, 4.69) is 25.4 Å². The van der Waals surface area contributed by atoms with Gasteiger partial charge in [0.25, 0.3) is 0 Å². The number of aliphatic hydroxyl groups excluding tert-OH is 1. The van der Waals surface area contributed by atoms with Gasteiger partial charge in [-0.15, -0.1) is 0 Å². The van der Waals surface area contributed by atoms with Crippen LogP contribution in [-0.4, -0.2) is 69.0 Å². The molecule has 1 saturated heterocycles. The van der Waals surface area contributed by atoms with Crippen molar-refractivity contribution in [3.8, 4) is 11.3 Å². The number of aliphatic hydroxyl groups is 1. The molecule has 0 saturated carbocycles. The number of nitrogens with two attached hydrogens (primary N) is 1. The molecule has 192 valence electrons. The number of amides is 2. The Balaban J connectivity index is 1.72. The Morgan fingerprint density at radius 2 is 1.97 bits per heavy atom. The summed E-state index contributed by atoms with van der Waals surface area (Å²) >= 11 is 6.13. The van der Waals surface area contributed by atoms with Crippen LogP contribution in [0.25, 0.3) is 11.3 Å². The number of carbonyl (C=O) groups is 2. The van der Waals surface area contributed by atoms with Gasteiger partial charge in [-0.05, 0) is 31.2 Å². The maximum absolute atomic E-state index is 13.3. The van der Waals surface area contributed by atoms with Crippen molar-refractivity contribution in [1.82, 2.24) is 20.2 Å². The molecule has 36 heavy (non-hydrogen) atoms. The second-order valence-corrected chi connectivity index (χ2v) is 9.35. The molecule has 1 aromatic heterocycles. The molecule has 2 heterocycles. The number of aliphatic imine (C=N–C) groups is 1. The number of hydrogen-bond donors (Lipinski definition) is 3. The van der Waals surface area contributed by atoms with Crippen molar-refractivity contribution in [2.45, 2.75) is 51.7 Å². The number of halogens is 1. The van der Waals surface area contributed by atoms with Crippen LogP contribution in [-0.2, 0) is 9.59 Å². The molecule has 0 bridgehead atoms. The highest BCUT2D eigenvalue weighted by molar-refractivity contribution is 6.31. The zero-order valence-corrected chi connectivity index (χ0v) is 21.4. The molecule has 0 spiro atoms. The average molecular weight is 514 g/mol. The van der Waals surface area contributed by atoms with Crippen molar-refractivity contribution in [2.75, 3.05) is 13.2 Å². The lowest BCUT2D eigenvalue weighted by molar-refractivity contribution is -0.140. The number of hydrogen-bond acceptors (Lipinski definition) is 8. The van der Waals surface area contributed by atoms with Crippen LogP contribution in [0.4, 0.5) is 0 Å². The summed E-state index contributed by atoms with van der Waals surface area (Å²) in [5, 5.41) is 16.7. The van der Waals surface area contributed by atoms with E-state index < -0.39 is 18.1 Å². The van der Waals surface area contributed by atoms with Crippen molar-refractivity contribution < 1.29 is 14.7 Å². The van der Waals surface area contributed by atoms with Gasteiger partial charge < -0.3 is 21.2 Å². The largest absolute Gasteiger partial charge is 0.394 e. The van der Waals surface area contributed by atoms with Crippen LogP contribution in [0.2, 0.25) is 5.15 Å². The third kappa shape index (κ3) is 6.44. The van der Waals surface area contributed by atoms with E-state index in [0.29, 0.717) is 36.4 Å². The first-order valence-corrected chi connectivity index (χ1v) is 12.2. The van der Waals surface area contributed by atoms with Gasteiger partial charge in [0.1, 0.15) is 17.8 Å². The molecule has 0 unspecified atom stereocenters. The zero-order chi connectivity index (χ0) is 26.2. The van der Waals surface area contributed by atoms with Crippen molar-refractivity contribution >= 4 is 35.3 Å². The van der Waals surface area contributed by atoms with E-state index in [1.807, 2.05) is 26.0 Å². The number of aromatic nitrogens is 2. The van der Waals surface area contributed by atoms with Crippen molar-refractivity contribution in [3.05, 3.63) is 47.4 Å². The lowest BCUT2D eigenvalue weighted by Gasteiger charge is -2.29. The van der Waals surface area contributed by atoms with Gasteiger partial charge in [-0.2, -0.15) is 5.10 Å². The van der Waals surface area contributed by atoms with E-state index in [9.17, 15) is 14.7 Å². The fourth-order valence-electron chi connectivity index (χ4n) is 4.11. The lowest BCUT2D eigenvalue weighted by atomic mass is 10.0. The van der Waals surface area contributed by atoms with Gasteiger partial charge in [0.15, 0.2) is 5.15 Å². The van der Waals surface area contributed by atoms with Crippen LogP contribution >= 0.6 is 11.6 Å². The number of nitrogens with zero attached hydrogens (tertiary/aromatic N) is 5. The summed E-state index contributed by atoms with van der Waals surface area (Å²) in [5.41, 5.74) is 2.53. The molecule has 4 N–H and O–H groups in total. The van der Waals surface area contributed by atoms with E-state index in [4.69, 9.17) is 17.4 Å². The number of rotatable bonds is 9. The summed E-state index contributed by atoms with van der Waals surface area (Å²) in [6.07, 6.45) is 5.80. The Morgan fingerprint density at radius 1 is 1.28 bits per heavy atom. The van der Waals surface area contributed by atoms with Crippen LogP contribution in [0.3, 0.4) is 0 Å². The van der Waals surface area contributed by atoms with Crippen LogP contribution in [0.1, 0.15) is 45.2 Å². The Kier molecular flexibility index (Phi) is 9.49. The normalized spacial score (nSPS) is 18.0. The Bertz CT molecular complexity index is 1120. The second kappa shape index (κ2) is 12.5. The topological polar surface area (TPSA) is 146 Å². The van der Waals surface area contributed by atoms with Gasteiger partial charge in [0.2, 0.25) is 11.8 Å². The molecule has 2 amide bonds. The molecule has 10 nitrogen and oxygen atoms in total. The molecule has 0 aliphatic carbocycles. The monoisotopic (exact) mass is 513 g/mol. The maximum atomic E-state index is 13.3. The highest BCUT2D eigenvalue weighted by Crippen LogP contribution is 2.26. The van der Waals surface area contributed by atoms with Crippen LogP contribution in [0.15, 0.2) is 46.8 Å². The summed E-state index contributed by atoms with van der Waals surface area (Å²) in [6.45, 7) is 5.67. The Labute approximate surface area is 215 Å². The summed E-state index contributed by atoms with van der Waals surface area (Å²) in [6, 6.07) is 5.29. The summed E-state index contributed by atoms with van der Waals surface area (Å²) in [5.74, 6) is 4.66. The minimum absolute atomic E-state index is 0.0739. The highest BCUT2D eigenvalue weighted by atomic mass is 35.5. The third-order valence-corrected chi connectivity index (χ3v) is 6.36. The van der Waals surface area contributed by atoms with Gasteiger partial charge in [-0.25, -0.2) is 4.98 Å². The van der Waals surface area contributed by atoms with E-state index in [0.717, 1.165) is 5.56 Å². The molecule has 11 heteroatoms. The number of nitrogens with one attached hydrogen (secondary N) is 1. The molecule has 0 radical (unpaired) electrons.